The number of aromatic amines is 2. The zero-order chi connectivity index (χ0) is 46.6. The van der Waals surface area contributed by atoms with Crippen molar-refractivity contribution in [3.63, 3.8) is 0 Å². The van der Waals surface area contributed by atoms with E-state index < -0.39 is 17.5 Å². The fourth-order valence-electron chi connectivity index (χ4n) is 6.52. The van der Waals surface area contributed by atoms with E-state index in [9.17, 15) is 18.4 Å². The highest BCUT2D eigenvalue weighted by atomic mass is 19.1. The van der Waals surface area contributed by atoms with Crippen molar-refractivity contribution in [3.05, 3.63) is 96.3 Å². The van der Waals surface area contributed by atoms with Gasteiger partial charge >= 0.3 is 5.97 Å². The maximum Gasteiger partial charge on any atom is 0.309 e. The first-order valence-electron chi connectivity index (χ1n) is 19.7. The molecule has 0 unspecified atom stereocenters. The van der Waals surface area contributed by atoms with Gasteiger partial charge in [-0.1, -0.05) is 0 Å². The molecule has 4 aromatic heterocycles. The predicted octanol–water partition coefficient (Wildman–Crippen LogP) is 7.66. The lowest BCUT2D eigenvalue weighted by atomic mass is 10.2. The number of aromatic nitrogens is 6. The molecule has 0 aliphatic heterocycles. The van der Waals surface area contributed by atoms with Gasteiger partial charge in [-0.05, 0) is 69.3 Å². The number of hydroxylamine groups is 1. The normalized spacial score (nSPS) is 10.7. The number of carbonyl (C=O) groups excluding carboxylic acids is 2. The lowest BCUT2D eigenvalue weighted by molar-refractivity contribution is -0.143. The Morgan fingerprint density at radius 3 is 1.54 bits per heavy atom. The number of hydrogen-bond acceptors (Lipinski definition) is 16. The second kappa shape index (κ2) is 21.5. The Morgan fingerprint density at radius 1 is 0.646 bits per heavy atom. The van der Waals surface area contributed by atoms with Crippen LogP contribution in [0.25, 0.3) is 43.6 Å². The highest BCUT2D eigenvalue weighted by Crippen LogP contribution is 2.39. The molecule has 4 aromatic carbocycles. The van der Waals surface area contributed by atoms with Crippen LogP contribution in [0.4, 0.5) is 8.78 Å². The Labute approximate surface area is 368 Å². The van der Waals surface area contributed by atoms with Gasteiger partial charge in [0.2, 0.25) is 17.7 Å². The molecule has 4 heterocycles. The standard InChI is InChI=1S/C23H22FN3O5.C21H19FN4O5.H3NO/c1-4-30-21(28)7-8-31-20-11-17-15(10-19(20)29-3)23(26-12-25-17)32-18-6-5-16-14(22(18)24)9-13(2)27-16;1-11-7-12-14(25-11)3-4-16(20(12)22)31-21-13-8-17(29-2)18(9-15(13)23-10-24-21)30-6-5-19(27)26-28;1-2/h5-6,9-12,27H,4,7-8H2,1-3H3;3-4,7-10,25,28H,5-6H2,1-2H3,(H,26,27);2H,1H2. The summed E-state index contributed by atoms with van der Waals surface area (Å²) >= 11 is 0. The molecule has 19 nitrogen and oxygen atoms in total. The van der Waals surface area contributed by atoms with Crippen LogP contribution in [0, 0.1) is 25.5 Å². The molecule has 0 atom stereocenters. The molecule has 7 N–H and O–H groups in total. The van der Waals surface area contributed by atoms with Crippen molar-refractivity contribution >= 4 is 55.5 Å². The number of benzene rings is 4. The van der Waals surface area contributed by atoms with Gasteiger partial charge in [-0.2, -0.15) is 0 Å². The maximum atomic E-state index is 15.0. The van der Waals surface area contributed by atoms with Crippen LogP contribution in [0.15, 0.2) is 73.3 Å². The molecule has 0 bridgehead atoms. The molecule has 65 heavy (non-hydrogen) atoms. The number of halogens is 2. The molecule has 0 fully saturated rings. The zero-order valence-electron chi connectivity index (χ0n) is 35.7. The van der Waals surface area contributed by atoms with Crippen LogP contribution < -0.4 is 39.8 Å². The van der Waals surface area contributed by atoms with Crippen LogP contribution in [0.3, 0.4) is 0 Å². The molecule has 21 heteroatoms. The number of esters is 1. The number of nitrogens with zero attached hydrogens (tertiary/aromatic N) is 4. The molecular weight excluding hydrogens is 855 g/mol. The summed E-state index contributed by atoms with van der Waals surface area (Å²) in [5, 5.41) is 16.9. The number of H-pyrrole nitrogens is 2. The van der Waals surface area contributed by atoms with Crippen molar-refractivity contribution < 1.29 is 61.9 Å². The number of hydrogen-bond donors (Lipinski definition) is 6. The van der Waals surface area contributed by atoms with Crippen LogP contribution in [0.1, 0.15) is 31.2 Å². The Kier molecular flexibility index (Phi) is 15.4. The van der Waals surface area contributed by atoms with Crippen molar-refractivity contribution in [2.45, 2.75) is 33.6 Å². The average Bonchev–Trinajstić information content (AvgIpc) is 3.90. The number of carbonyl (C=O) groups is 2. The van der Waals surface area contributed by atoms with Gasteiger partial charge in [-0.3, -0.25) is 14.8 Å². The second-order valence-electron chi connectivity index (χ2n) is 13.7. The molecular formula is C44H44F2N8O11. The van der Waals surface area contributed by atoms with E-state index in [1.807, 2.05) is 13.8 Å². The van der Waals surface area contributed by atoms with Crippen LogP contribution in [0.5, 0.6) is 46.3 Å². The summed E-state index contributed by atoms with van der Waals surface area (Å²) in [6.07, 6.45) is 2.68. The summed E-state index contributed by atoms with van der Waals surface area (Å²) in [6, 6.07) is 16.5. The van der Waals surface area contributed by atoms with Gasteiger partial charge in [-0.25, -0.2) is 40.1 Å². The zero-order valence-corrected chi connectivity index (χ0v) is 35.7. The van der Waals surface area contributed by atoms with E-state index >= 15 is 0 Å². The fourth-order valence-corrected chi connectivity index (χ4v) is 6.52. The summed E-state index contributed by atoms with van der Waals surface area (Å²) in [5.41, 5.74) is 5.58. The third-order valence-electron chi connectivity index (χ3n) is 9.44. The van der Waals surface area contributed by atoms with Crippen LogP contribution in [-0.4, -0.2) is 86.2 Å². The number of rotatable bonds is 15. The van der Waals surface area contributed by atoms with Gasteiger partial charge in [0.1, 0.15) is 12.7 Å². The monoisotopic (exact) mass is 898 g/mol. The van der Waals surface area contributed by atoms with E-state index in [1.165, 1.54) is 38.4 Å². The van der Waals surface area contributed by atoms with Gasteiger partial charge in [-0.15, -0.1) is 0 Å². The number of methoxy groups -OCH3 is 2. The lowest BCUT2D eigenvalue weighted by Crippen LogP contribution is -2.20. The SMILES string of the molecule is CCOC(=O)CCOc1cc2ncnc(Oc3ccc4[nH]c(C)cc4c3F)c2cc1OC.COc1cc2c(Oc3ccc4[nH]c(C)cc4c3F)ncnc2cc1OCCC(=O)NO.NO. The van der Waals surface area contributed by atoms with Crippen molar-refractivity contribution in [3.8, 4) is 46.3 Å². The third kappa shape index (κ3) is 10.8. The molecule has 1 amide bonds. The van der Waals surface area contributed by atoms with Crippen molar-refractivity contribution in [1.29, 1.82) is 0 Å². The fraction of sp³-hybridized carbons (Fsp3) is 0.227. The van der Waals surface area contributed by atoms with E-state index in [1.54, 1.807) is 61.5 Å². The number of ether oxygens (including phenoxy) is 7. The molecule has 340 valence electrons. The van der Waals surface area contributed by atoms with E-state index in [2.05, 4.69) is 35.8 Å². The highest BCUT2D eigenvalue weighted by molar-refractivity contribution is 5.89. The first kappa shape index (κ1) is 46.6. The quantitative estimate of drug-likeness (QED) is 0.0328. The Hall–Kier alpha value is -7.88. The van der Waals surface area contributed by atoms with Crippen molar-refractivity contribution in [2.24, 2.45) is 5.90 Å². The molecule has 8 aromatic rings. The van der Waals surface area contributed by atoms with Crippen LogP contribution in [0.2, 0.25) is 0 Å². The predicted molar refractivity (Wildman–Crippen MR) is 231 cm³/mol. The first-order chi connectivity index (χ1) is 31.5. The van der Waals surface area contributed by atoms with Gasteiger partial charge in [0.25, 0.3) is 0 Å². The van der Waals surface area contributed by atoms with E-state index in [-0.39, 0.29) is 55.3 Å². The summed E-state index contributed by atoms with van der Waals surface area (Å²) in [7, 11) is 2.95. The summed E-state index contributed by atoms with van der Waals surface area (Å²) in [6.45, 7) is 5.90. The first-order valence-corrected chi connectivity index (χ1v) is 19.7. The Bertz CT molecular complexity index is 2960. The smallest absolute Gasteiger partial charge is 0.309 e. The topological polar surface area (TPSA) is 260 Å². The molecule has 0 radical (unpaired) electrons. The number of aryl methyl sites for hydroxylation is 2. The molecule has 0 saturated heterocycles. The summed E-state index contributed by atoms with van der Waals surface area (Å²) in [4.78, 5) is 45.6. The minimum absolute atomic E-state index is 0.0179. The van der Waals surface area contributed by atoms with Gasteiger partial charge in [0.05, 0.1) is 68.7 Å². The van der Waals surface area contributed by atoms with Gasteiger partial charge in [0, 0.05) is 45.3 Å². The largest absolute Gasteiger partial charge is 0.493 e. The van der Waals surface area contributed by atoms with Gasteiger partial charge in [0.15, 0.2) is 46.1 Å². The number of fused-ring (bicyclic) bond motifs is 4. The van der Waals surface area contributed by atoms with Crippen molar-refractivity contribution in [1.82, 2.24) is 35.4 Å². The van der Waals surface area contributed by atoms with Gasteiger partial charge < -0.3 is 48.3 Å². The Balaban J connectivity index is 0.000000208. The van der Waals surface area contributed by atoms with E-state index in [0.29, 0.717) is 73.2 Å². The second-order valence-corrected chi connectivity index (χ2v) is 13.7. The number of nitrogens with one attached hydrogen (secondary N) is 3. The van der Waals surface area contributed by atoms with Crippen LogP contribution in [-0.2, 0) is 14.3 Å². The highest BCUT2D eigenvalue weighted by Gasteiger charge is 2.19. The van der Waals surface area contributed by atoms with E-state index in [4.69, 9.17) is 43.6 Å². The molecule has 0 saturated carbocycles. The lowest BCUT2D eigenvalue weighted by Gasteiger charge is -2.13. The maximum absolute atomic E-state index is 15.0. The van der Waals surface area contributed by atoms with Crippen molar-refractivity contribution in [2.75, 3.05) is 34.0 Å². The molecule has 0 aliphatic rings. The minimum Gasteiger partial charge on any atom is -0.493 e. The molecule has 0 aliphatic carbocycles. The third-order valence-corrected chi connectivity index (χ3v) is 9.44. The molecule has 8 rings (SSSR count). The summed E-state index contributed by atoms with van der Waals surface area (Å²) in [5.74, 6) is 3.52. The Morgan fingerprint density at radius 2 is 1.11 bits per heavy atom. The van der Waals surface area contributed by atoms with Crippen LogP contribution >= 0.6 is 0 Å². The number of amides is 1. The molecule has 0 spiro atoms. The minimum atomic E-state index is -0.575. The summed E-state index contributed by atoms with van der Waals surface area (Å²) < 4.78 is 68.4. The average molecular weight is 899 g/mol. The number of nitrogens with two attached hydrogens (primary N) is 1. The van der Waals surface area contributed by atoms with E-state index in [0.717, 1.165) is 11.4 Å².